The molecule has 1 aliphatic rings. The average Bonchev–Trinajstić information content (AvgIpc) is 3.03. The highest BCUT2D eigenvalue weighted by molar-refractivity contribution is 5.51. The second-order valence-electron chi connectivity index (χ2n) is 5.72. The quantitative estimate of drug-likeness (QED) is 0.843. The molecule has 1 saturated heterocycles. The SMILES string of the molecule is COc1ccc(/C=C/[C@H]2[C@H](C#N)CON2Cc2ccccc2)cc1. The second kappa shape index (κ2) is 7.78. The maximum atomic E-state index is 9.38. The normalized spacial score (nSPS) is 21.0. The Morgan fingerprint density at radius 2 is 1.96 bits per heavy atom. The third kappa shape index (κ3) is 3.83. The van der Waals surface area contributed by atoms with Gasteiger partial charge in [0.15, 0.2) is 0 Å². The van der Waals surface area contributed by atoms with Gasteiger partial charge in [0, 0.05) is 6.54 Å². The summed E-state index contributed by atoms with van der Waals surface area (Å²) in [7, 11) is 1.65. The predicted molar refractivity (Wildman–Crippen MR) is 92.9 cm³/mol. The van der Waals surface area contributed by atoms with Crippen LogP contribution in [0.2, 0.25) is 0 Å². The molecule has 0 radical (unpaired) electrons. The molecule has 0 N–H and O–H groups in total. The van der Waals surface area contributed by atoms with Gasteiger partial charge < -0.3 is 4.74 Å². The molecule has 122 valence electrons. The number of hydrogen-bond donors (Lipinski definition) is 0. The smallest absolute Gasteiger partial charge is 0.118 e. The van der Waals surface area contributed by atoms with Crippen molar-refractivity contribution in [2.24, 2.45) is 5.92 Å². The molecule has 1 fully saturated rings. The summed E-state index contributed by atoms with van der Waals surface area (Å²) in [5.74, 6) is 0.667. The van der Waals surface area contributed by atoms with Gasteiger partial charge >= 0.3 is 0 Å². The third-order valence-electron chi connectivity index (χ3n) is 4.11. The van der Waals surface area contributed by atoms with Crippen molar-refractivity contribution in [2.75, 3.05) is 13.7 Å². The van der Waals surface area contributed by atoms with E-state index in [9.17, 15) is 5.26 Å². The van der Waals surface area contributed by atoms with Gasteiger partial charge in [-0.3, -0.25) is 4.84 Å². The zero-order chi connectivity index (χ0) is 16.8. The first-order valence-corrected chi connectivity index (χ1v) is 7.95. The van der Waals surface area contributed by atoms with E-state index < -0.39 is 0 Å². The lowest BCUT2D eigenvalue weighted by Crippen LogP contribution is -2.29. The first-order chi connectivity index (χ1) is 11.8. The van der Waals surface area contributed by atoms with E-state index in [1.807, 2.05) is 59.7 Å². The summed E-state index contributed by atoms with van der Waals surface area (Å²) in [6.45, 7) is 1.09. The van der Waals surface area contributed by atoms with Crippen LogP contribution in [-0.4, -0.2) is 24.8 Å². The molecule has 1 heterocycles. The Kier molecular flexibility index (Phi) is 5.27. The minimum atomic E-state index is -0.164. The van der Waals surface area contributed by atoms with Crippen LogP contribution in [0, 0.1) is 17.2 Å². The van der Waals surface area contributed by atoms with Crippen LogP contribution in [0.5, 0.6) is 5.75 Å². The largest absolute Gasteiger partial charge is 0.497 e. The van der Waals surface area contributed by atoms with Crippen molar-refractivity contribution in [1.29, 1.82) is 5.26 Å². The number of hydrogen-bond acceptors (Lipinski definition) is 4. The standard InChI is InChI=1S/C20H20N2O2/c1-23-19-10-7-16(8-11-19)9-12-20-18(13-21)15-24-22(20)14-17-5-3-2-4-6-17/h2-12,18,20H,14-15H2,1H3/b12-9+/t18-,20+/m1/s1. The van der Waals surface area contributed by atoms with Gasteiger partial charge in [0.05, 0.1) is 31.7 Å². The summed E-state index contributed by atoms with van der Waals surface area (Å²) in [6.07, 6.45) is 4.08. The number of rotatable bonds is 5. The number of benzene rings is 2. The van der Waals surface area contributed by atoms with Gasteiger partial charge in [-0.2, -0.15) is 10.3 Å². The third-order valence-corrected chi connectivity index (χ3v) is 4.11. The van der Waals surface area contributed by atoms with E-state index in [2.05, 4.69) is 18.2 Å². The number of hydroxylamine groups is 2. The number of ether oxygens (including phenoxy) is 1. The molecule has 0 aromatic heterocycles. The van der Waals surface area contributed by atoms with E-state index in [0.29, 0.717) is 13.2 Å². The molecule has 0 unspecified atom stereocenters. The molecular weight excluding hydrogens is 300 g/mol. The molecule has 0 spiro atoms. The molecule has 0 saturated carbocycles. The average molecular weight is 320 g/mol. The molecule has 0 bridgehead atoms. The van der Waals surface area contributed by atoms with E-state index in [-0.39, 0.29) is 12.0 Å². The van der Waals surface area contributed by atoms with E-state index in [4.69, 9.17) is 9.57 Å². The molecule has 2 atom stereocenters. The topological polar surface area (TPSA) is 45.5 Å². The highest BCUT2D eigenvalue weighted by Crippen LogP contribution is 2.25. The Balaban J connectivity index is 1.73. The Hall–Kier alpha value is -2.61. The maximum Gasteiger partial charge on any atom is 0.118 e. The predicted octanol–water partition coefficient (Wildman–Crippen LogP) is 3.66. The van der Waals surface area contributed by atoms with Crippen molar-refractivity contribution < 1.29 is 9.57 Å². The Labute approximate surface area is 142 Å². The van der Waals surface area contributed by atoms with Crippen LogP contribution in [0.25, 0.3) is 6.08 Å². The van der Waals surface area contributed by atoms with Crippen molar-refractivity contribution in [3.8, 4) is 11.8 Å². The lowest BCUT2D eigenvalue weighted by molar-refractivity contribution is -0.131. The van der Waals surface area contributed by atoms with Crippen LogP contribution in [0.3, 0.4) is 0 Å². The van der Waals surface area contributed by atoms with Gasteiger partial charge in [0.1, 0.15) is 5.75 Å². The molecule has 4 nitrogen and oxygen atoms in total. The minimum absolute atomic E-state index is 0.0580. The Morgan fingerprint density at radius 3 is 2.62 bits per heavy atom. The van der Waals surface area contributed by atoms with E-state index in [1.54, 1.807) is 7.11 Å². The van der Waals surface area contributed by atoms with Crippen molar-refractivity contribution in [3.05, 3.63) is 71.8 Å². The Morgan fingerprint density at radius 1 is 1.21 bits per heavy atom. The van der Waals surface area contributed by atoms with Crippen LogP contribution in [0.15, 0.2) is 60.7 Å². The molecular formula is C20H20N2O2. The number of nitriles is 1. The summed E-state index contributed by atoms with van der Waals surface area (Å²) in [5, 5.41) is 11.3. The van der Waals surface area contributed by atoms with Crippen molar-refractivity contribution in [3.63, 3.8) is 0 Å². The van der Waals surface area contributed by atoms with Crippen molar-refractivity contribution in [2.45, 2.75) is 12.6 Å². The van der Waals surface area contributed by atoms with E-state index in [1.165, 1.54) is 5.56 Å². The van der Waals surface area contributed by atoms with Crippen LogP contribution in [0.1, 0.15) is 11.1 Å². The summed E-state index contributed by atoms with van der Waals surface area (Å²) < 4.78 is 5.17. The van der Waals surface area contributed by atoms with Gasteiger partial charge in [0.25, 0.3) is 0 Å². The fourth-order valence-electron chi connectivity index (χ4n) is 2.74. The van der Waals surface area contributed by atoms with Crippen LogP contribution < -0.4 is 4.74 Å². The Bertz CT molecular complexity index is 720. The fourth-order valence-corrected chi connectivity index (χ4v) is 2.74. The highest BCUT2D eigenvalue weighted by atomic mass is 16.7. The van der Waals surface area contributed by atoms with Crippen LogP contribution >= 0.6 is 0 Å². The molecule has 2 aromatic rings. The zero-order valence-corrected chi connectivity index (χ0v) is 13.6. The lowest BCUT2D eigenvalue weighted by atomic mass is 10.0. The summed E-state index contributed by atoms with van der Waals surface area (Å²) in [5.41, 5.74) is 2.23. The highest BCUT2D eigenvalue weighted by Gasteiger charge is 2.33. The zero-order valence-electron chi connectivity index (χ0n) is 13.6. The molecule has 4 heteroatoms. The fraction of sp³-hybridized carbons (Fsp3) is 0.250. The lowest BCUT2D eigenvalue weighted by Gasteiger charge is -2.21. The van der Waals surface area contributed by atoms with Gasteiger partial charge in [-0.15, -0.1) is 0 Å². The minimum Gasteiger partial charge on any atom is -0.497 e. The van der Waals surface area contributed by atoms with Gasteiger partial charge in [-0.1, -0.05) is 54.6 Å². The number of nitrogens with zero attached hydrogens (tertiary/aromatic N) is 2. The molecule has 0 aliphatic carbocycles. The van der Waals surface area contributed by atoms with Crippen LogP contribution in [-0.2, 0) is 11.4 Å². The monoisotopic (exact) mass is 320 g/mol. The van der Waals surface area contributed by atoms with Gasteiger partial charge in [-0.05, 0) is 23.3 Å². The molecule has 2 aromatic carbocycles. The van der Waals surface area contributed by atoms with Crippen LogP contribution in [0.4, 0.5) is 0 Å². The molecule has 0 amide bonds. The van der Waals surface area contributed by atoms with Gasteiger partial charge in [-0.25, -0.2) is 0 Å². The van der Waals surface area contributed by atoms with Crippen molar-refractivity contribution in [1.82, 2.24) is 5.06 Å². The summed E-state index contributed by atoms with van der Waals surface area (Å²) >= 11 is 0. The van der Waals surface area contributed by atoms with Gasteiger partial charge in [0.2, 0.25) is 0 Å². The maximum absolute atomic E-state index is 9.38. The first-order valence-electron chi connectivity index (χ1n) is 7.95. The molecule has 24 heavy (non-hydrogen) atoms. The van der Waals surface area contributed by atoms with E-state index in [0.717, 1.165) is 11.3 Å². The summed E-state index contributed by atoms with van der Waals surface area (Å²) in [4.78, 5) is 5.74. The van der Waals surface area contributed by atoms with E-state index >= 15 is 0 Å². The van der Waals surface area contributed by atoms with Crippen molar-refractivity contribution >= 4 is 6.08 Å². The molecule has 3 rings (SSSR count). The summed E-state index contributed by atoms with van der Waals surface area (Å²) in [6, 6.07) is 20.3. The second-order valence-corrected chi connectivity index (χ2v) is 5.72. The first kappa shape index (κ1) is 16.3. The molecule has 1 aliphatic heterocycles. The number of methoxy groups -OCH3 is 1.